The maximum absolute atomic E-state index is 4.25. The summed E-state index contributed by atoms with van der Waals surface area (Å²) in [6.45, 7) is 9.72. The van der Waals surface area contributed by atoms with E-state index < -0.39 is 0 Å². The maximum atomic E-state index is 4.25. The molecular weight excluding hydrogens is 224 g/mol. The van der Waals surface area contributed by atoms with Gasteiger partial charge in [-0.15, -0.1) is 0 Å². The Kier molecular flexibility index (Phi) is 8.81. The fourth-order valence-corrected chi connectivity index (χ4v) is 2.27. The smallest absolute Gasteiger partial charge is 0.191 e. The fraction of sp³-hybridized carbons (Fsp3) is 0.929. The molecule has 0 aromatic rings. The van der Waals surface area contributed by atoms with E-state index in [4.69, 9.17) is 0 Å². The monoisotopic (exact) mass is 256 g/mol. The average Bonchev–Trinajstić information content (AvgIpc) is 2.31. The third kappa shape index (κ3) is 6.24. The van der Waals surface area contributed by atoms with Crippen LogP contribution in [0, 0.1) is 5.92 Å². The Morgan fingerprint density at radius 3 is 2.06 bits per heavy atom. The van der Waals surface area contributed by atoms with E-state index in [9.17, 15) is 0 Å². The lowest BCUT2D eigenvalue weighted by atomic mass is 9.93. The molecule has 0 fully saturated rings. The minimum atomic E-state index is 0.405. The second kappa shape index (κ2) is 9.20. The van der Waals surface area contributed by atoms with Gasteiger partial charge in [0.15, 0.2) is 5.96 Å². The molecule has 0 radical (unpaired) electrons. The van der Waals surface area contributed by atoms with Crippen molar-refractivity contribution in [3.63, 3.8) is 0 Å². The van der Waals surface area contributed by atoms with Crippen molar-refractivity contribution in [1.29, 1.82) is 0 Å². The average molecular weight is 256 g/mol. The number of guanidine groups is 1. The first-order valence-electron chi connectivity index (χ1n) is 7.09. The first kappa shape index (κ1) is 17.2. The molecule has 0 aromatic heterocycles. The van der Waals surface area contributed by atoms with Crippen LogP contribution in [0.25, 0.3) is 0 Å². The summed E-state index contributed by atoms with van der Waals surface area (Å²) in [5.41, 5.74) is 0. The highest BCUT2D eigenvalue weighted by Gasteiger charge is 2.20. The molecule has 1 atom stereocenters. The molecule has 4 heteroatoms. The minimum absolute atomic E-state index is 0.405. The summed E-state index contributed by atoms with van der Waals surface area (Å²) < 4.78 is 0. The van der Waals surface area contributed by atoms with E-state index in [0.717, 1.165) is 18.4 Å². The normalized spacial score (nSPS) is 14.4. The SMILES string of the molecule is CCC(CC)C(CNC(=NC)NC(C)C)N(C)C. The molecule has 0 aliphatic carbocycles. The minimum Gasteiger partial charge on any atom is -0.355 e. The van der Waals surface area contributed by atoms with Crippen LogP contribution < -0.4 is 10.6 Å². The van der Waals surface area contributed by atoms with Crippen molar-refractivity contribution < 1.29 is 0 Å². The Labute approximate surface area is 113 Å². The van der Waals surface area contributed by atoms with Gasteiger partial charge in [-0.25, -0.2) is 0 Å². The lowest BCUT2D eigenvalue weighted by Crippen LogP contribution is -2.49. The maximum Gasteiger partial charge on any atom is 0.191 e. The van der Waals surface area contributed by atoms with Gasteiger partial charge >= 0.3 is 0 Å². The van der Waals surface area contributed by atoms with Crippen molar-refractivity contribution in [2.24, 2.45) is 10.9 Å². The Balaban J connectivity index is 4.42. The molecule has 0 aliphatic heterocycles. The highest BCUT2D eigenvalue weighted by atomic mass is 15.2. The van der Waals surface area contributed by atoms with E-state index in [0.29, 0.717) is 12.1 Å². The van der Waals surface area contributed by atoms with Crippen LogP contribution in [-0.4, -0.2) is 50.6 Å². The van der Waals surface area contributed by atoms with Gasteiger partial charge in [-0.05, 0) is 33.9 Å². The van der Waals surface area contributed by atoms with Gasteiger partial charge in [0, 0.05) is 25.7 Å². The molecule has 2 N–H and O–H groups in total. The zero-order valence-electron chi connectivity index (χ0n) is 13.2. The van der Waals surface area contributed by atoms with Crippen LogP contribution in [0.2, 0.25) is 0 Å². The van der Waals surface area contributed by atoms with Crippen molar-refractivity contribution >= 4 is 5.96 Å². The number of rotatable bonds is 7. The van der Waals surface area contributed by atoms with E-state index in [1.807, 2.05) is 7.05 Å². The van der Waals surface area contributed by atoms with Crippen LogP contribution >= 0.6 is 0 Å². The molecule has 0 amide bonds. The van der Waals surface area contributed by atoms with E-state index in [-0.39, 0.29) is 0 Å². The fourth-order valence-electron chi connectivity index (χ4n) is 2.27. The van der Waals surface area contributed by atoms with Crippen LogP contribution in [0.1, 0.15) is 40.5 Å². The van der Waals surface area contributed by atoms with Gasteiger partial charge in [0.1, 0.15) is 0 Å². The number of nitrogens with one attached hydrogen (secondary N) is 2. The lowest BCUT2D eigenvalue weighted by molar-refractivity contribution is 0.200. The molecule has 0 aliphatic rings. The highest BCUT2D eigenvalue weighted by molar-refractivity contribution is 5.79. The van der Waals surface area contributed by atoms with E-state index in [2.05, 4.69) is 62.3 Å². The summed E-state index contributed by atoms with van der Waals surface area (Å²) in [5.74, 6) is 1.62. The van der Waals surface area contributed by atoms with Crippen LogP contribution in [0.5, 0.6) is 0 Å². The van der Waals surface area contributed by atoms with Gasteiger partial charge < -0.3 is 15.5 Å². The van der Waals surface area contributed by atoms with E-state index in [1.54, 1.807) is 0 Å². The number of aliphatic imine (C=N–C) groups is 1. The number of nitrogens with zero attached hydrogens (tertiary/aromatic N) is 2. The first-order valence-corrected chi connectivity index (χ1v) is 7.09. The Morgan fingerprint density at radius 1 is 1.17 bits per heavy atom. The Bertz CT molecular complexity index is 232. The molecule has 0 saturated carbocycles. The molecule has 0 rings (SSSR count). The predicted molar refractivity (Wildman–Crippen MR) is 81.2 cm³/mol. The lowest BCUT2D eigenvalue weighted by Gasteiger charge is -2.32. The topological polar surface area (TPSA) is 39.7 Å². The zero-order chi connectivity index (χ0) is 14.1. The number of hydrogen-bond acceptors (Lipinski definition) is 2. The largest absolute Gasteiger partial charge is 0.355 e. The summed E-state index contributed by atoms with van der Waals surface area (Å²) >= 11 is 0. The summed E-state index contributed by atoms with van der Waals surface area (Å²) in [6, 6.07) is 0.952. The van der Waals surface area contributed by atoms with Gasteiger partial charge in [0.2, 0.25) is 0 Å². The molecule has 108 valence electrons. The van der Waals surface area contributed by atoms with Crippen LogP contribution in [0.3, 0.4) is 0 Å². The van der Waals surface area contributed by atoms with Gasteiger partial charge in [-0.1, -0.05) is 26.7 Å². The Morgan fingerprint density at radius 2 is 1.72 bits per heavy atom. The van der Waals surface area contributed by atoms with E-state index >= 15 is 0 Å². The van der Waals surface area contributed by atoms with Crippen LogP contribution in [-0.2, 0) is 0 Å². The quantitative estimate of drug-likeness (QED) is 0.540. The third-order valence-electron chi connectivity index (χ3n) is 3.38. The molecule has 0 bridgehead atoms. The van der Waals surface area contributed by atoms with Crippen molar-refractivity contribution in [2.45, 2.75) is 52.6 Å². The zero-order valence-corrected chi connectivity index (χ0v) is 13.2. The standard InChI is InChI=1S/C14H32N4/c1-8-12(9-2)13(18(6)7)10-16-14(15-5)17-11(3)4/h11-13H,8-10H2,1-7H3,(H2,15,16,17). The summed E-state index contributed by atoms with van der Waals surface area (Å²) in [4.78, 5) is 6.56. The molecule has 18 heavy (non-hydrogen) atoms. The van der Waals surface area contributed by atoms with Crippen molar-refractivity contribution in [2.75, 3.05) is 27.7 Å². The van der Waals surface area contributed by atoms with Crippen molar-refractivity contribution in [3.05, 3.63) is 0 Å². The van der Waals surface area contributed by atoms with Gasteiger partial charge in [-0.2, -0.15) is 0 Å². The van der Waals surface area contributed by atoms with Crippen molar-refractivity contribution in [3.8, 4) is 0 Å². The van der Waals surface area contributed by atoms with Crippen LogP contribution in [0.4, 0.5) is 0 Å². The summed E-state index contributed by atoms with van der Waals surface area (Å²) in [7, 11) is 6.13. The second-order valence-electron chi connectivity index (χ2n) is 5.36. The first-order chi connectivity index (χ1) is 8.46. The summed E-state index contributed by atoms with van der Waals surface area (Å²) in [5, 5.41) is 6.75. The molecule has 0 aromatic carbocycles. The molecule has 4 nitrogen and oxygen atoms in total. The Hall–Kier alpha value is -0.770. The third-order valence-corrected chi connectivity index (χ3v) is 3.38. The molecule has 0 heterocycles. The van der Waals surface area contributed by atoms with E-state index in [1.165, 1.54) is 12.8 Å². The predicted octanol–water partition coefficient (Wildman–Crippen LogP) is 1.93. The molecule has 0 spiro atoms. The van der Waals surface area contributed by atoms with Crippen LogP contribution in [0.15, 0.2) is 4.99 Å². The van der Waals surface area contributed by atoms with Gasteiger partial charge in [0.05, 0.1) is 0 Å². The molecular formula is C14H32N4. The summed E-state index contributed by atoms with van der Waals surface area (Å²) in [6.07, 6.45) is 2.44. The molecule has 1 unspecified atom stereocenters. The highest BCUT2D eigenvalue weighted by Crippen LogP contribution is 2.16. The van der Waals surface area contributed by atoms with Gasteiger partial charge in [0.25, 0.3) is 0 Å². The number of hydrogen-bond donors (Lipinski definition) is 2. The van der Waals surface area contributed by atoms with Crippen molar-refractivity contribution in [1.82, 2.24) is 15.5 Å². The number of likely N-dealkylation sites (N-methyl/N-ethyl adjacent to an activating group) is 1. The van der Waals surface area contributed by atoms with Gasteiger partial charge in [-0.3, -0.25) is 4.99 Å². The molecule has 0 saturated heterocycles. The second-order valence-corrected chi connectivity index (χ2v) is 5.36.